The zero-order chi connectivity index (χ0) is 19.4. The van der Waals surface area contributed by atoms with Crippen molar-refractivity contribution in [3.8, 4) is 5.88 Å². The van der Waals surface area contributed by atoms with Crippen LogP contribution >= 0.6 is 15.9 Å². The quantitative estimate of drug-likeness (QED) is 0.574. The monoisotopic (exact) mass is 429 g/mol. The number of hydrogen-bond acceptors (Lipinski definition) is 5. The summed E-state index contributed by atoms with van der Waals surface area (Å²) in [4.78, 5) is 18.3. The van der Waals surface area contributed by atoms with Gasteiger partial charge in [0.25, 0.3) is 0 Å². The minimum absolute atomic E-state index is 0.0208. The van der Waals surface area contributed by atoms with E-state index in [1.807, 2.05) is 18.2 Å². The fourth-order valence-corrected chi connectivity index (χ4v) is 3.16. The average molecular weight is 430 g/mol. The standard InChI is InChI=1S/C19H20BrN5O2/c1-3-24(4-2)12-25-16-9-8-13(20)11-14(16)17(19(25)27)22-23-18(26)15-7-5-6-10-21-15/h5-11,27H,3-4,12H2,1-2H3. The molecule has 0 atom stereocenters. The molecule has 0 saturated heterocycles. The van der Waals surface area contributed by atoms with Gasteiger partial charge in [-0.05, 0) is 43.4 Å². The number of fused-ring (bicyclic) bond motifs is 1. The van der Waals surface area contributed by atoms with Crippen LogP contribution in [0.1, 0.15) is 24.3 Å². The lowest BCUT2D eigenvalue weighted by Gasteiger charge is -2.20. The van der Waals surface area contributed by atoms with Crippen LogP contribution in [0.5, 0.6) is 5.88 Å². The van der Waals surface area contributed by atoms with Crippen LogP contribution in [0.25, 0.3) is 10.9 Å². The first-order chi connectivity index (χ1) is 13.0. The largest absolute Gasteiger partial charge is 0.493 e. The van der Waals surface area contributed by atoms with Crippen LogP contribution in [0.3, 0.4) is 0 Å². The van der Waals surface area contributed by atoms with E-state index in [2.05, 4.69) is 49.9 Å². The Morgan fingerprint density at radius 2 is 2.04 bits per heavy atom. The first kappa shape index (κ1) is 19.2. The van der Waals surface area contributed by atoms with E-state index in [1.165, 1.54) is 6.20 Å². The van der Waals surface area contributed by atoms with Crippen molar-refractivity contribution in [2.75, 3.05) is 13.1 Å². The molecule has 0 fully saturated rings. The van der Waals surface area contributed by atoms with Crippen molar-refractivity contribution < 1.29 is 9.90 Å². The zero-order valence-corrected chi connectivity index (χ0v) is 16.7. The summed E-state index contributed by atoms with van der Waals surface area (Å²) in [6, 6.07) is 10.7. The number of carbonyl (C=O) groups excluding carboxylic acids is 1. The molecule has 8 heteroatoms. The van der Waals surface area contributed by atoms with Gasteiger partial charge in [0.05, 0.1) is 12.2 Å². The molecule has 1 amide bonds. The Labute approximate surface area is 165 Å². The van der Waals surface area contributed by atoms with E-state index in [0.717, 1.165) is 23.1 Å². The van der Waals surface area contributed by atoms with Crippen LogP contribution in [0.15, 0.2) is 57.3 Å². The van der Waals surface area contributed by atoms with Crippen LogP contribution in [0.2, 0.25) is 0 Å². The Balaban J connectivity index is 2.04. The number of pyridine rings is 1. The Morgan fingerprint density at radius 1 is 1.26 bits per heavy atom. The number of hydrogen-bond donors (Lipinski definition) is 1. The predicted molar refractivity (Wildman–Crippen MR) is 107 cm³/mol. The van der Waals surface area contributed by atoms with Gasteiger partial charge >= 0.3 is 5.91 Å². The van der Waals surface area contributed by atoms with Gasteiger partial charge in [-0.15, -0.1) is 10.2 Å². The molecular weight excluding hydrogens is 410 g/mol. The van der Waals surface area contributed by atoms with Gasteiger partial charge in [-0.2, -0.15) is 0 Å². The number of azo groups is 1. The fourth-order valence-electron chi connectivity index (χ4n) is 2.80. The summed E-state index contributed by atoms with van der Waals surface area (Å²) in [7, 11) is 0. The molecule has 0 bridgehead atoms. The van der Waals surface area contributed by atoms with Crippen molar-refractivity contribution in [2.45, 2.75) is 20.5 Å². The van der Waals surface area contributed by atoms with Crippen LogP contribution in [0, 0.1) is 0 Å². The molecule has 7 nitrogen and oxygen atoms in total. The van der Waals surface area contributed by atoms with Crippen molar-refractivity contribution in [1.29, 1.82) is 0 Å². The van der Waals surface area contributed by atoms with Gasteiger partial charge < -0.3 is 5.11 Å². The number of aromatic nitrogens is 2. The van der Waals surface area contributed by atoms with Gasteiger partial charge in [0.15, 0.2) is 5.69 Å². The van der Waals surface area contributed by atoms with Crippen LogP contribution in [-0.2, 0) is 6.67 Å². The molecule has 140 valence electrons. The summed E-state index contributed by atoms with van der Waals surface area (Å²) < 4.78 is 2.62. The second-order valence-electron chi connectivity index (χ2n) is 5.93. The van der Waals surface area contributed by atoms with Crippen LogP contribution < -0.4 is 0 Å². The van der Waals surface area contributed by atoms with E-state index in [9.17, 15) is 9.90 Å². The number of carbonyl (C=O) groups is 1. The van der Waals surface area contributed by atoms with Gasteiger partial charge in [0, 0.05) is 16.1 Å². The van der Waals surface area contributed by atoms with Gasteiger partial charge in [-0.1, -0.05) is 35.8 Å². The summed E-state index contributed by atoms with van der Waals surface area (Å²) in [6.45, 7) is 6.34. The molecule has 0 unspecified atom stereocenters. The Bertz CT molecular complexity index is 981. The third-order valence-electron chi connectivity index (χ3n) is 4.33. The first-order valence-corrected chi connectivity index (χ1v) is 9.44. The molecule has 0 aliphatic carbocycles. The summed E-state index contributed by atoms with van der Waals surface area (Å²) in [6.07, 6.45) is 1.52. The fraction of sp³-hybridized carbons (Fsp3) is 0.263. The smallest absolute Gasteiger partial charge is 0.313 e. The molecular formula is C19H20BrN5O2. The molecule has 0 saturated carbocycles. The molecule has 0 radical (unpaired) electrons. The maximum absolute atomic E-state index is 12.2. The van der Waals surface area contributed by atoms with E-state index in [4.69, 9.17) is 0 Å². The lowest BCUT2D eigenvalue weighted by molar-refractivity contribution is 0.0990. The normalized spacial score (nSPS) is 11.7. The molecule has 1 aromatic carbocycles. The molecule has 1 N–H and O–H groups in total. The third-order valence-corrected chi connectivity index (χ3v) is 4.83. The van der Waals surface area contributed by atoms with Crippen molar-refractivity contribution >= 4 is 38.4 Å². The molecule has 2 aromatic heterocycles. The van der Waals surface area contributed by atoms with Crippen molar-refractivity contribution in [3.05, 3.63) is 52.8 Å². The zero-order valence-electron chi connectivity index (χ0n) is 15.1. The molecule has 0 spiro atoms. The molecule has 3 rings (SSSR count). The summed E-state index contributed by atoms with van der Waals surface area (Å²) >= 11 is 3.44. The molecule has 0 aliphatic rings. The predicted octanol–water partition coefficient (Wildman–Crippen LogP) is 4.73. The summed E-state index contributed by atoms with van der Waals surface area (Å²) in [5, 5.41) is 19.3. The van der Waals surface area contributed by atoms with Gasteiger partial charge in [0.1, 0.15) is 5.69 Å². The highest BCUT2D eigenvalue weighted by Gasteiger charge is 2.19. The maximum Gasteiger partial charge on any atom is 0.313 e. The van der Waals surface area contributed by atoms with Crippen LogP contribution in [-0.4, -0.2) is 38.6 Å². The highest BCUT2D eigenvalue weighted by atomic mass is 79.9. The number of nitrogens with zero attached hydrogens (tertiary/aromatic N) is 5. The molecule has 0 aliphatic heterocycles. The number of aromatic hydroxyl groups is 1. The minimum Gasteiger partial charge on any atom is -0.493 e. The number of halogens is 1. The molecule has 27 heavy (non-hydrogen) atoms. The lowest BCUT2D eigenvalue weighted by Crippen LogP contribution is -2.25. The molecule has 3 aromatic rings. The highest BCUT2D eigenvalue weighted by Crippen LogP contribution is 2.40. The number of rotatable bonds is 6. The topological polar surface area (TPSA) is 83.1 Å². The maximum atomic E-state index is 12.2. The van der Waals surface area contributed by atoms with E-state index in [0.29, 0.717) is 12.1 Å². The van der Waals surface area contributed by atoms with Crippen molar-refractivity contribution in [2.24, 2.45) is 10.2 Å². The van der Waals surface area contributed by atoms with E-state index in [1.54, 1.807) is 22.8 Å². The number of benzene rings is 1. The average Bonchev–Trinajstić information content (AvgIpc) is 2.95. The Kier molecular flexibility index (Phi) is 5.98. The van der Waals surface area contributed by atoms with Gasteiger partial charge in [-0.25, -0.2) is 0 Å². The lowest BCUT2D eigenvalue weighted by atomic mass is 10.2. The highest BCUT2D eigenvalue weighted by molar-refractivity contribution is 9.10. The second-order valence-corrected chi connectivity index (χ2v) is 6.84. The van der Waals surface area contributed by atoms with Gasteiger partial charge in [-0.3, -0.25) is 19.2 Å². The summed E-state index contributed by atoms with van der Waals surface area (Å²) in [5.74, 6) is -0.581. The van der Waals surface area contributed by atoms with Crippen molar-refractivity contribution in [3.63, 3.8) is 0 Å². The second kappa shape index (κ2) is 8.41. The minimum atomic E-state index is -0.561. The first-order valence-electron chi connectivity index (χ1n) is 8.65. The Hall–Kier alpha value is -2.58. The SMILES string of the molecule is CCN(CC)Cn1c(O)c(N=NC(=O)c2ccccn2)c2cc(Br)ccc21. The van der Waals surface area contributed by atoms with Crippen molar-refractivity contribution in [1.82, 2.24) is 14.5 Å². The Morgan fingerprint density at radius 3 is 2.70 bits per heavy atom. The van der Waals surface area contributed by atoms with Crippen LogP contribution in [0.4, 0.5) is 5.69 Å². The van der Waals surface area contributed by atoms with E-state index < -0.39 is 5.91 Å². The number of amides is 1. The summed E-state index contributed by atoms with van der Waals surface area (Å²) in [5.41, 5.74) is 1.29. The molecule has 2 heterocycles. The van der Waals surface area contributed by atoms with E-state index in [-0.39, 0.29) is 17.3 Å². The van der Waals surface area contributed by atoms with E-state index >= 15 is 0 Å². The van der Waals surface area contributed by atoms with Gasteiger partial charge in [0.2, 0.25) is 5.88 Å². The third kappa shape index (κ3) is 4.06.